The van der Waals surface area contributed by atoms with Gasteiger partial charge in [0.05, 0.1) is 15.8 Å². The number of primary sulfonamides is 1. The maximum absolute atomic E-state index is 12.9. The lowest BCUT2D eigenvalue weighted by molar-refractivity contribution is 0.349. The molecule has 1 aromatic carbocycles. The molecule has 0 radical (unpaired) electrons. The van der Waals surface area contributed by atoms with Crippen molar-refractivity contribution in [3.05, 3.63) is 41.8 Å². The Hall–Kier alpha value is -1.75. The van der Waals surface area contributed by atoms with Gasteiger partial charge in [-0.3, -0.25) is 0 Å². The normalized spacial score (nSPS) is 19.7. The van der Waals surface area contributed by atoms with E-state index in [2.05, 4.69) is 5.16 Å². The molecule has 1 aliphatic rings. The minimum absolute atomic E-state index is 0.110. The largest absolute Gasteiger partial charge is 0.361 e. The molecule has 2 N–H and O–H groups in total. The third-order valence-corrected chi connectivity index (χ3v) is 6.75. The first-order chi connectivity index (χ1) is 11.2. The van der Waals surface area contributed by atoms with E-state index in [-0.39, 0.29) is 9.79 Å². The van der Waals surface area contributed by atoms with E-state index in [1.807, 2.05) is 0 Å². The van der Waals surface area contributed by atoms with E-state index in [9.17, 15) is 16.8 Å². The average Bonchev–Trinajstić information content (AvgIpc) is 3.15. The third kappa shape index (κ3) is 3.09. The average molecular weight is 371 g/mol. The van der Waals surface area contributed by atoms with Gasteiger partial charge in [-0.2, -0.15) is 4.31 Å². The van der Waals surface area contributed by atoms with Gasteiger partial charge in [0.15, 0.2) is 0 Å². The second-order valence-electron chi connectivity index (χ2n) is 5.66. The molecular weight excluding hydrogens is 354 g/mol. The van der Waals surface area contributed by atoms with Gasteiger partial charge in [-0.1, -0.05) is 11.2 Å². The van der Waals surface area contributed by atoms with Gasteiger partial charge < -0.3 is 4.52 Å². The molecule has 0 saturated carbocycles. The van der Waals surface area contributed by atoms with Crippen LogP contribution >= 0.6 is 0 Å². The predicted molar refractivity (Wildman–Crippen MR) is 84.9 cm³/mol. The lowest BCUT2D eigenvalue weighted by atomic mass is 10.1. The zero-order chi connectivity index (χ0) is 17.5. The van der Waals surface area contributed by atoms with Gasteiger partial charge >= 0.3 is 0 Å². The minimum atomic E-state index is -3.98. The van der Waals surface area contributed by atoms with Crippen molar-refractivity contribution in [1.29, 1.82) is 0 Å². The monoisotopic (exact) mass is 371 g/mol. The Kier molecular flexibility index (Phi) is 4.24. The van der Waals surface area contributed by atoms with Gasteiger partial charge in [0.1, 0.15) is 11.5 Å². The lowest BCUT2D eigenvalue weighted by Gasteiger charge is -2.22. The van der Waals surface area contributed by atoms with Crippen LogP contribution in [0.4, 0.5) is 0 Å². The molecule has 1 atom stereocenters. The van der Waals surface area contributed by atoms with E-state index in [0.717, 1.165) is 6.07 Å². The van der Waals surface area contributed by atoms with Gasteiger partial charge in [0.2, 0.25) is 20.0 Å². The van der Waals surface area contributed by atoms with E-state index in [1.54, 1.807) is 13.0 Å². The molecule has 1 unspecified atom stereocenters. The van der Waals surface area contributed by atoms with Crippen LogP contribution in [0.5, 0.6) is 0 Å². The van der Waals surface area contributed by atoms with Gasteiger partial charge in [-0.15, -0.1) is 0 Å². The van der Waals surface area contributed by atoms with Crippen molar-refractivity contribution in [2.45, 2.75) is 35.6 Å². The number of aromatic nitrogens is 1. The summed E-state index contributed by atoms with van der Waals surface area (Å²) < 4.78 is 55.2. The van der Waals surface area contributed by atoms with E-state index in [4.69, 9.17) is 9.66 Å². The molecule has 1 fully saturated rings. The summed E-state index contributed by atoms with van der Waals surface area (Å²) in [4.78, 5) is -0.349. The molecule has 0 amide bonds. The molecule has 0 aliphatic carbocycles. The highest BCUT2D eigenvalue weighted by Gasteiger charge is 2.38. The van der Waals surface area contributed by atoms with Crippen molar-refractivity contribution < 1.29 is 21.4 Å². The molecule has 1 aliphatic heterocycles. The van der Waals surface area contributed by atoms with Crippen molar-refractivity contribution in [3.63, 3.8) is 0 Å². The van der Waals surface area contributed by atoms with Crippen molar-refractivity contribution >= 4 is 20.0 Å². The molecule has 2 aromatic rings. The van der Waals surface area contributed by atoms with E-state index >= 15 is 0 Å². The highest BCUT2D eigenvalue weighted by atomic mass is 32.2. The summed E-state index contributed by atoms with van der Waals surface area (Å²) >= 11 is 0. The molecule has 1 saturated heterocycles. The van der Waals surface area contributed by atoms with Crippen molar-refractivity contribution in [1.82, 2.24) is 9.46 Å². The van der Waals surface area contributed by atoms with Crippen LogP contribution in [0.2, 0.25) is 0 Å². The van der Waals surface area contributed by atoms with Crippen LogP contribution in [0.15, 0.2) is 44.6 Å². The number of benzene rings is 1. The number of hydrogen-bond donors (Lipinski definition) is 1. The molecular formula is C14H17N3O5S2. The Morgan fingerprint density at radius 3 is 2.54 bits per heavy atom. The van der Waals surface area contributed by atoms with Crippen LogP contribution in [0.3, 0.4) is 0 Å². The van der Waals surface area contributed by atoms with Crippen LogP contribution < -0.4 is 5.14 Å². The third-order valence-electron chi connectivity index (χ3n) is 3.93. The first-order valence-corrected chi connectivity index (χ1v) is 10.3. The zero-order valence-corrected chi connectivity index (χ0v) is 14.5. The smallest absolute Gasteiger partial charge is 0.243 e. The minimum Gasteiger partial charge on any atom is -0.361 e. The van der Waals surface area contributed by atoms with Gasteiger partial charge in [0.25, 0.3) is 0 Å². The van der Waals surface area contributed by atoms with Crippen LogP contribution in [0, 0.1) is 6.92 Å². The van der Waals surface area contributed by atoms with Crippen LogP contribution in [-0.2, 0) is 20.0 Å². The van der Waals surface area contributed by atoms with Crippen molar-refractivity contribution in [3.8, 4) is 0 Å². The molecule has 8 nitrogen and oxygen atoms in total. The Balaban J connectivity index is 2.01. The Bertz CT molecular complexity index is 966. The maximum atomic E-state index is 12.9. The van der Waals surface area contributed by atoms with E-state index in [1.165, 1.54) is 22.5 Å². The van der Waals surface area contributed by atoms with Crippen LogP contribution in [0.1, 0.15) is 30.3 Å². The number of nitrogens with two attached hydrogens (primary N) is 1. The Morgan fingerprint density at radius 2 is 1.92 bits per heavy atom. The Morgan fingerprint density at radius 1 is 1.21 bits per heavy atom. The predicted octanol–water partition coefficient (Wildman–Crippen LogP) is 1.16. The molecule has 3 rings (SSSR count). The second kappa shape index (κ2) is 5.96. The molecule has 0 spiro atoms. The summed E-state index contributed by atoms with van der Waals surface area (Å²) in [5, 5.41) is 9.00. The quantitative estimate of drug-likeness (QED) is 0.860. The Labute approximate surface area is 140 Å². The molecule has 24 heavy (non-hydrogen) atoms. The highest BCUT2D eigenvalue weighted by molar-refractivity contribution is 7.90. The molecule has 1 aromatic heterocycles. The zero-order valence-electron chi connectivity index (χ0n) is 12.9. The fraction of sp³-hybridized carbons (Fsp3) is 0.357. The van der Waals surface area contributed by atoms with E-state index in [0.29, 0.717) is 30.8 Å². The summed E-state index contributed by atoms with van der Waals surface area (Å²) in [7, 11) is -7.86. The number of sulfonamides is 2. The summed E-state index contributed by atoms with van der Waals surface area (Å²) in [6.45, 7) is 2.07. The maximum Gasteiger partial charge on any atom is 0.243 e. The second-order valence-corrected chi connectivity index (χ2v) is 9.11. The first-order valence-electron chi connectivity index (χ1n) is 7.27. The molecule has 130 valence electrons. The first kappa shape index (κ1) is 17.1. The van der Waals surface area contributed by atoms with Crippen molar-refractivity contribution in [2.75, 3.05) is 6.54 Å². The highest BCUT2D eigenvalue weighted by Crippen LogP contribution is 2.36. The van der Waals surface area contributed by atoms with Gasteiger partial charge in [0, 0.05) is 12.6 Å². The van der Waals surface area contributed by atoms with Crippen LogP contribution in [0.25, 0.3) is 0 Å². The summed E-state index contributed by atoms with van der Waals surface area (Å²) in [5.74, 6) is 0.602. The summed E-state index contributed by atoms with van der Waals surface area (Å²) in [6, 6.07) is 6.33. The topological polar surface area (TPSA) is 124 Å². The number of rotatable bonds is 4. The fourth-order valence-corrected chi connectivity index (χ4v) is 5.16. The molecule has 2 heterocycles. The molecule has 0 bridgehead atoms. The lowest BCUT2D eigenvalue weighted by Crippen LogP contribution is -2.31. The summed E-state index contributed by atoms with van der Waals surface area (Å²) in [5.41, 5.74) is 0.552. The fourth-order valence-electron chi connectivity index (χ4n) is 2.81. The van der Waals surface area contributed by atoms with Gasteiger partial charge in [-0.05, 0) is 38.0 Å². The van der Waals surface area contributed by atoms with E-state index < -0.39 is 26.1 Å². The van der Waals surface area contributed by atoms with Crippen LogP contribution in [-0.4, -0.2) is 32.8 Å². The number of hydrogen-bond acceptors (Lipinski definition) is 6. The SMILES string of the molecule is Cc1cc(C2CCCN2S(=O)(=O)c2cccc(S(N)(=O)=O)c2)no1. The molecule has 10 heteroatoms. The standard InChI is InChI=1S/C14H17N3O5S2/c1-10-8-13(16-22-10)14-6-3-7-17(14)24(20,21)12-5-2-4-11(9-12)23(15,18)19/h2,4-5,8-9,14H,3,6-7H2,1H3,(H2,15,18,19). The van der Waals surface area contributed by atoms with Crippen molar-refractivity contribution in [2.24, 2.45) is 5.14 Å². The number of aryl methyl sites for hydroxylation is 1. The van der Waals surface area contributed by atoms with Gasteiger partial charge in [-0.25, -0.2) is 22.0 Å². The summed E-state index contributed by atoms with van der Waals surface area (Å²) in [6.07, 6.45) is 1.31. The number of nitrogens with zero attached hydrogens (tertiary/aromatic N) is 2.